The molecule has 0 bridgehead atoms. The van der Waals surface area contributed by atoms with Crippen LogP contribution >= 0.6 is 29.4 Å². The van der Waals surface area contributed by atoms with E-state index in [2.05, 4.69) is 57.6 Å². The normalized spacial score (nSPS) is 17.2. The molecule has 0 spiro atoms. The van der Waals surface area contributed by atoms with Gasteiger partial charge in [0.05, 0.1) is 13.2 Å². The van der Waals surface area contributed by atoms with E-state index in [1.54, 1.807) is 0 Å². The topological polar surface area (TPSA) is 47.6 Å². The van der Waals surface area contributed by atoms with Crippen LogP contribution in [0.2, 0.25) is 0 Å². The molecule has 2 aliphatic rings. The van der Waals surface area contributed by atoms with Crippen molar-refractivity contribution in [3.05, 3.63) is 108 Å². The van der Waals surface area contributed by atoms with E-state index in [1.165, 1.54) is 25.7 Å². The van der Waals surface area contributed by atoms with Gasteiger partial charge < -0.3 is 16.2 Å². The largest absolute Gasteiger partial charge is 1.00 e. The van der Waals surface area contributed by atoms with Crippen LogP contribution in [-0.2, 0) is 15.1 Å². The number of nitrogens with one attached hydrogen (secondary N) is 1. The number of alkyl halides is 1. The van der Waals surface area contributed by atoms with E-state index in [-0.39, 0.29) is 57.2 Å². The monoisotopic (exact) mass is 565 g/mol. The number of hydrogen-bond acceptors (Lipinski definition) is 3. The predicted molar refractivity (Wildman–Crippen MR) is 146 cm³/mol. The minimum atomic E-state index is -0.793. The van der Waals surface area contributed by atoms with E-state index in [0.29, 0.717) is 6.54 Å². The second-order valence-electron chi connectivity index (χ2n) is 8.38. The van der Waals surface area contributed by atoms with Crippen molar-refractivity contribution in [2.75, 3.05) is 13.2 Å². The molecule has 5 rings (SSSR count). The van der Waals surface area contributed by atoms with Crippen molar-refractivity contribution in [1.29, 1.82) is 0 Å². The molecular formula is C28H33BrNNaO3S. The number of halogens is 1. The molecule has 3 aromatic rings. The van der Waals surface area contributed by atoms with Crippen LogP contribution in [0.15, 0.2) is 91.0 Å². The van der Waals surface area contributed by atoms with E-state index >= 15 is 0 Å². The molecule has 1 aliphatic heterocycles. The Labute approximate surface area is 247 Å². The summed E-state index contributed by atoms with van der Waals surface area (Å²) in [5.74, 6) is 0. The maximum Gasteiger partial charge on any atom is 1.00 e. The Bertz CT molecular complexity index is 914. The molecule has 1 aliphatic carbocycles. The van der Waals surface area contributed by atoms with Gasteiger partial charge in [0, 0.05) is 4.83 Å². The molecule has 4 nitrogen and oxygen atoms in total. The number of alkyl carbamates (subject to hydrolysis) is 1. The molecule has 1 amide bonds. The summed E-state index contributed by atoms with van der Waals surface area (Å²) in [4.78, 5) is 12.3. The van der Waals surface area contributed by atoms with Crippen LogP contribution < -0.4 is 34.9 Å². The molecule has 0 aromatic heterocycles. The molecule has 1 saturated carbocycles. The van der Waals surface area contributed by atoms with Gasteiger partial charge >= 0.3 is 35.7 Å². The number of hydrogen-bond donors (Lipinski definition) is 1. The van der Waals surface area contributed by atoms with Gasteiger partial charge in [-0.3, -0.25) is 0 Å². The second-order valence-corrected chi connectivity index (χ2v) is 9.68. The number of carbonyl (C=O) groups excluding carboxylic acids is 1. The van der Waals surface area contributed by atoms with Crippen LogP contribution in [0.25, 0.3) is 0 Å². The molecular weight excluding hydrogens is 533 g/mol. The minimum absolute atomic E-state index is 0. The summed E-state index contributed by atoms with van der Waals surface area (Å²) in [6.45, 7) is 0.741. The van der Waals surface area contributed by atoms with Crippen molar-refractivity contribution in [3.8, 4) is 0 Å². The number of ether oxygens (including phenoxy) is 2. The molecule has 1 saturated heterocycles. The summed E-state index contributed by atoms with van der Waals surface area (Å²) in [5.41, 5.74) is 2.29. The van der Waals surface area contributed by atoms with Crippen LogP contribution in [-0.4, -0.2) is 30.2 Å². The molecule has 7 heteroatoms. The number of amides is 1. The SMILES string of the molecule is BrC1CCCC1.O=C1NC[C@@H](COC(c2ccccc2)(c2ccccc2)c2ccccc2)O1.S.[H-].[Na+]. The first-order chi connectivity index (χ1) is 16.2. The third kappa shape index (κ3) is 7.85. The van der Waals surface area contributed by atoms with Gasteiger partial charge in [0.2, 0.25) is 0 Å². The summed E-state index contributed by atoms with van der Waals surface area (Å²) in [5, 5.41) is 2.68. The Kier molecular flexibility index (Phi) is 12.9. The third-order valence-electron chi connectivity index (χ3n) is 6.06. The van der Waals surface area contributed by atoms with E-state index in [1.807, 2.05) is 54.6 Å². The van der Waals surface area contributed by atoms with Crippen molar-refractivity contribution >= 4 is 35.5 Å². The van der Waals surface area contributed by atoms with Crippen LogP contribution in [0.1, 0.15) is 43.8 Å². The van der Waals surface area contributed by atoms with Crippen molar-refractivity contribution in [1.82, 2.24) is 5.32 Å². The zero-order valence-electron chi connectivity index (χ0n) is 21.2. The van der Waals surface area contributed by atoms with Crippen molar-refractivity contribution in [2.45, 2.75) is 42.2 Å². The van der Waals surface area contributed by atoms with Crippen molar-refractivity contribution < 1.29 is 45.3 Å². The quantitative estimate of drug-likeness (QED) is 0.282. The van der Waals surface area contributed by atoms with Gasteiger partial charge in [0.25, 0.3) is 0 Å². The van der Waals surface area contributed by atoms with E-state index in [0.717, 1.165) is 21.5 Å². The summed E-state index contributed by atoms with van der Waals surface area (Å²) in [7, 11) is 0. The van der Waals surface area contributed by atoms with Crippen LogP contribution in [0.3, 0.4) is 0 Å². The molecule has 0 unspecified atom stereocenters. The number of cyclic esters (lactones) is 1. The van der Waals surface area contributed by atoms with Gasteiger partial charge in [-0.1, -0.05) is 120 Å². The van der Waals surface area contributed by atoms with Gasteiger partial charge in [0.1, 0.15) is 11.7 Å². The standard InChI is InChI=1S/C23H21NO3.C5H9Br.Na.H2S.H/c25-22-24-16-21(27-22)17-26-23(18-10-4-1-5-11-18,19-12-6-2-7-13-19)20-14-8-3-9-15-20;6-5-3-1-2-4-5;;;/h1-15,21H,16-17H2,(H,24,25);5H,1-4H2;;1H2;/q;;+1;;-1/t21-;;;;/m0..../s1. The average Bonchev–Trinajstić information content (AvgIpc) is 3.53. The zero-order chi connectivity index (χ0) is 22.9. The Morgan fingerprint density at radius 3 is 1.60 bits per heavy atom. The second kappa shape index (κ2) is 15.1. The number of rotatable bonds is 6. The number of benzene rings is 3. The molecule has 1 N–H and O–H groups in total. The first-order valence-corrected chi connectivity index (χ1v) is 12.5. The smallest absolute Gasteiger partial charge is 1.00 e. The summed E-state index contributed by atoms with van der Waals surface area (Å²) >= 11 is 3.54. The Hall–Kier alpha value is -1.28. The van der Waals surface area contributed by atoms with Crippen LogP contribution in [0, 0.1) is 0 Å². The summed E-state index contributed by atoms with van der Waals surface area (Å²) in [6.07, 6.45) is 4.98. The van der Waals surface area contributed by atoms with E-state index in [4.69, 9.17) is 9.47 Å². The van der Waals surface area contributed by atoms with Crippen molar-refractivity contribution in [3.63, 3.8) is 0 Å². The maximum absolute atomic E-state index is 11.4. The van der Waals surface area contributed by atoms with E-state index < -0.39 is 11.7 Å². The molecule has 35 heavy (non-hydrogen) atoms. The Morgan fingerprint density at radius 1 is 0.857 bits per heavy atom. The first-order valence-electron chi connectivity index (χ1n) is 11.6. The van der Waals surface area contributed by atoms with Crippen LogP contribution in [0.5, 0.6) is 0 Å². The van der Waals surface area contributed by atoms with Crippen LogP contribution in [0.4, 0.5) is 4.79 Å². The average molecular weight is 567 g/mol. The molecule has 3 aromatic carbocycles. The van der Waals surface area contributed by atoms with Crippen molar-refractivity contribution in [2.24, 2.45) is 0 Å². The van der Waals surface area contributed by atoms with E-state index in [9.17, 15) is 4.79 Å². The predicted octanol–water partition coefficient (Wildman–Crippen LogP) is 3.66. The van der Waals surface area contributed by atoms with Gasteiger partial charge in [-0.25, -0.2) is 4.79 Å². The van der Waals surface area contributed by atoms with Gasteiger partial charge in [-0.2, -0.15) is 13.5 Å². The van der Waals surface area contributed by atoms with Gasteiger partial charge in [0.15, 0.2) is 0 Å². The number of carbonyl (C=O) groups is 1. The van der Waals surface area contributed by atoms with Gasteiger partial charge in [-0.05, 0) is 29.5 Å². The molecule has 182 valence electrons. The zero-order valence-corrected chi connectivity index (χ0v) is 24.7. The molecule has 1 atom stereocenters. The maximum atomic E-state index is 11.4. The Morgan fingerprint density at radius 2 is 1.29 bits per heavy atom. The molecule has 2 fully saturated rings. The fraction of sp³-hybridized carbons (Fsp3) is 0.321. The van der Waals surface area contributed by atoms with Gasteiger partial charge in [-0.15, -0.1) is 0 Å². The summed E-state index contributed by atoms with van der Waals surface area (Å²) in [6, 6.07) is 30.5. The Balaban J connectivity index is 0.000000636. The molecule has 1 heterocycles. The summed E-state index contributed by atoms with van der Waals surface area (Å²) < 4.78 is 11.9. The molecule has 0 radical (unpaired) electrons. The fourth-order valence-corrected chi connectivity index (χ4v) is 5.03. The minimum Gasteiger partial charge on any atom is -1.00 e. The fourth-order valence-electron chi connectivity index (χ4n) is 4.39. The third-order valence-corrected chi connectivity index (χ3v) is 6.97. The first kappa shape index (κ1) is 29.9.